The predicted molar refractivity (Wildman–Crippen MR) is 159 cm³/mol. The van der Waals surface area contributed by atoms with Crippen LogP contribution in [-0.2, 0) is 21.0 Å². The number of benzene rings is 3. The summed E-state index contributed by atoms with van der Waals surface area (Å²) in [6, 6.07) is 25.9. The molecule has 0 amide bonds. The minimum absolute atomic E-state index is 0.214. The van der Waals surface area contributed by atoms with Gasteiger partial charge in [0.1, 0.15) is 22.7 Å². The fourth-order valence-corrected chi connectivity index (χ4v) is 5.94. The highest BCUT2D eigenvalue weighted by Crippen LogP contribution is 2.34. The van der Waals surface area contributed by atoms with E-state index < -0.39 is 22.0 Å². The third-order valence-electron chi connectivity index (χ3n) is 4.90. The zero-order chi connectivity index (χ0) is 31.2. The van der Waals surface area contributed by atoms with E-state index in [0.29, 0.717) is 0 Å². The number of rotatable bonds is 7. The first-order valence-corrected chi connectivity index (χ1v) is 15.6. The van der Waals surface area contributed by atoms with E-state index >= 15 is 0 Å². The molecule has 0 aliphatic heterocycles. The van der Waals surface area contributed by atoms with Gasteiger partial charge in [0.05, 0.1) is 10.9 Å². The molecule has 6 nitrogen and oxygen atoms in total. The second-order valence-electron chi connectivity index (χ2n) is 11.4. The molecule has 0 aliphatic carbocycles. The van der Waals surface area contributed by atoms with Crippen LogP contribution in [0.1, 0.15) is 41.5 Å². The standard InChI is InChI=1S/C28H36NO2S.C2H3F3O3S/c1-27(2,3)30-22-11-17-25(18-12-22)32(24-15-9-21(10-16-24)29(7)8)26-19-13-23(14-20-26)31-28(4,5)6;3-2(4,5)1-9(6,7)8/h9-20H,1-8H3;1H2,(H,6,7,8)/q+1;. The van der Waals surface area contributed by atoms with E-state index in [4.69, 9.17) is 14.0 Å². The van der Waals surface area contributed by atoms with Crippen molar-refractivity contribution in [1.82, 2.24) is 0 Å². The Kier molecular flexibility index (Phi) is 11.2. The molecule has 0 aromatic heterocycles. The van der Waals surface area contributed by atoms with Crippen LogP contribution in [0.25, 0.3) is 0 Å². The molecule has 0 saturated carbocycles. The summed E-state index contributed by atoms with van der Waals surface area (Å²) < 4.78 is 71.7. The second kappa shape index (κ2) is 13.4. The highest BCUT2D eigenvalue weighted by atomic mass is 32.2. The Morgan fingerprint density at radius 2 is 1.00 bits per heavy atom. The van der Waals surface area contributed by atoms with Crippen LogP contribution in [-0.4, -0.2) is 50.2 Å². The lowest BCUT2D eigenvalue weighted by Crippen LogP contribution is -2.23. The average Bonchev–Trinajstić information content (AvgIpc) is 2.78. The summed E-state index contributed by atoms with van der Waals surface area (Å²) in [5.41, 5.74) is 0.766. The second-order valence-corrected chi connectivity index (χ2v) is 14.9. The molecule has 1 N–H and O–H groups in total. The number of nitrogens with zero attached hydrogens (tertiary/aromatic N) is 1. The summed E-state index contributed by atoms with van der Waals surface area (Å²) in [4.78, 5) is 5.92. The molecule has 226 valence electrons. The summed E-state index contributed by atoms with van der Waals surface area (Å²) in [7, 11) is -1.00. The van der Waals surface area contributed by atoms with Crippen LogP contribution in [0.4, 0.5) is 18.9 Å². The summed E-state index contributed by atoms with van der Waals surface area (Å²) in [6.07, 6.45) is -4.85. The molecule has 3 rings (SSSR count). The van der Waals surface area contributed by atoms with Gasteiger partial charge in [-0.1, -0.05) is 0 Å². The molecule has 0 radical (unpaired) electrons. The van der Waals surface area contributed by atoms with Crippen molar-refractivity contribution in [2.24, 2.45) is 0 Å². The average molecular weight is 615 g/mol. The number of alkyl halides is 3. The molecule has 41 heavy (non-hydrogen) atoms. The first-order chi connectivity index (χ1) is 18.6. The Labute approximate surface area is 244 Å². The normalized spacial score (nSPS) is 12.4. The van der Waals surface area contributed by atoms with Crippen molar-refractivity contribution in [2.45, 2.75) is 73.6 Å². The van der Waals surface area contributed by atoms with Gasteiger partial charge in [0.2, 0.25) is 0 Å². The number of anilines is 1. The van der Waals surface area contributed by atoms with Crippen molar-refractivity contribution in [3.63, 3.8) is 0 Å². The van der Waals surface area contributed by atoms with Crippen molar-refractivity contribution in [3.05, 3.63) is 72.8 Å². The highest BCUT2D eigenvalue weighted by Gasteiger charge is 2.34. The first kappa shape index (κ1) is 34.3. The van der Waals surface area contributed by atoms with Gasteiger partial charge in [0.25, 0.3) is 10.1 Å². The van der Waals surface area contributed by atoms with E-state index in [9.17, 15) is 21.6 Å². The van der Waals surface area contributed by atoms with Crippen LogP contribution in [0.5, 0.6) is 11.5 Å². The predicted octanol–water partition coefficient (Wildman–Crippen LogP) is 7.64. The number of hydrogen-bond acceptors (Lipinski definition) is 5. The Hall–Kier alpha value is -2.89. The molecule has 0 heterocycles. The maximum absolute atomic E-state index is 11.0. The topological polar surface area (TPSA) is 76.1 Å². The Bertz CT molecular complexity index is 1280. The lowest BCUT2D eigenvalue weighted by molar-refractivity contribution is -0.107. The van der Waals surface area contributed by atoms with Gasteiger partial charge in [0.15, 0.2) is 20.4 Å². The van der Waals surface area contributed by atoms with E-state index in [1.54, 1.807) is 0 Å². The first-order valence-electron chi connectivity index (χ1n) is 12.7. The molecule has 11 heteroatoms. The number of halogens is 3. The Morgan fingerprint density at radius 1 is 0.683 bits per heavy atom. The van der Waals surface area contributed by atoms with Crippen LogP contribution in [0.3, 0.4) is 0 Å². The summed E-state index contributed by atoms with van der Waals surface area (Å²) in [5, 5.41) is 0. The van der Waals surface area contributed by atoms with Crippen LogP contribution in [0, 0.1) is 0 Å². The molecule has 3 aromatic carbocycles. The molecule has 0 bridgehead atoms. The zero-order valence-electron chi connectivity index (χ0n) is 24.6. The molecule has 0 saturated heterocycles. The molecule has 3 aromatic rings. The lowest BCUT2D eigenvalue weighted by Gasteiger charge is -2.21. The zero-order valence-corrected chi connectivity index (χ0v) is 26.2. The van der Waals surface area contributed by atoms with Crippen LogP contribution >= 0.6 is 0 Å². The van der Waals surface area contributed by atoms with E-state index in [1.807, 2.05) is 0 Å². The van der Waals surface area contributed by atoms with Crippen LogP contribution < -0.4 is 14.4 Å². The van der Waals surface area contributed by atoms with Crippen molar-refractivity contribution in [3.8, 4) is 11.5 Å². The summed E-state index contributed by atoms with van der Waals surface area (Å²) in [5.74, 6) is -0.400. The van der Waals surface area contributed by atoms with Gasteiger partial charge in [-0.2, -0.15) is 21.6 Å². The monoisotopic (exact) mass is 614 g/mol. The number of hydrogen-bond donors (Lipinski definition) is 1. The molecule has 0 unspecified atom stereocenters. The largest absolute Gasteiger partial charge is 0.488 e. The van der Waals surface area contributed by atoms with E-state index in [2.05, 4.69) is 133 Å². The molecule has 0 aliphatic rings. The van der Waals surface area contributed by atoms with Gasteiger partial charge in [-0.3, -0.25) is 4.55 Å². The van der Waals surface area contributed by atoms with Gasteiger partial charge in [-0.15, -0.1) is 0 Å². The Morgan fingerprint density at radius 3 is 1.22 bits per heavy atom. The third-order valence-corrected chi connectivity index (χ3v) is 7.82. The van der Waals surface area contributed by atoms with Gasteiger partial charge < -0.3 is 14.4 Å². The smallest absolute Gasteiger partial charge is 0.405 e. The molecule has 0 fully saturated rings. The highest BCUT2D eigenvalue weighted by molar-refractivity contribution is 7.97. The fraction of sp³-hybridized carbons (Fsp3) is 0.400. The number of ether oxygens (including phenoxy) is 2. The summed E-state index contributed by atoms with van der Waals surface area (Å²) in [6.45, 7) is 12.4. The lowest BCUT2D eigenvalue weighted by atomic mass is 10.2. The third kappa shape index (κ3) is 13.1. The maximum atomic E-state index is 11.0. The van der Waals surface area contributed by atoms with E-state index in [1.165, 1.54) is 20.4 Å². The summed E-state index contributed by atoms with van der Waals surface area (Å²) >= 11 is 0. The van der Waals surface area contributed by atoms with E-state index in [0.717, 1.165) is 11.5 Å². The minimum atomic E-state index is -4.91. The minimum Gasteiger partial charge on any atom is -0.488 e. The van der Waals surface area contributed by atoms with Crippen molar-refractivity contribution >= 4 is 26.7 Å². The van der Waals surface area contributed by atoms with E-state index in [-0.39, 0.29) is 22.1 Å². The Balaban J connectivity index is 0.000000564. The van der Waals surface area contributed by atoms with Gasteiger partial charge in [-0.25, -0.2) is 0 Å². The SMILES string of the molecule is CN(C)c1ccc([S+](c2ccc(OC(C)(C)C)cc2)c2ccc(OC(C)(C)C)cc2)cc1.O=S(=O)(O)CC(F)(F)F. The quantitative estimate of drug-likeness (QED) is 0.218. The van der Waals surface area contributed by atoms with Gasteiger partial charge in [-0.05, 0) is 114 Å². The van der Waals surface area contributed by atoms with Gasteiger partial charge >= 0.3 is 6.18 Å². The molecule has 0 spiro atoms. The fourth-order valence-electron chi connectivity index (χ4n) is 3.49. The van der Waals surface area contributed by atoms with Crippen molar-refractivity contribution in [1.29, 1.82) is 0 Å². The maximum Gasteiger partial charge on any atom is 0.405 e. The van der Waals surface area contributed by atoms with Gasteiger partial charge in [0, 0.05) is 19.8 Å². The van der Waals surface area contributed by atoms with Crippen LogP contribution in [0.15, 0.2) is 87.5 Å². The van der Waals surface area contributed by atoms with Crippen molar-refractivity contribution < 1.29 is 35.6 Å². The molecule has 0 atom stereocenters. The van der Waals surface area contributed by atoms with Crippen molar-refractivity contribution in [2.75, 3.05) is 24.7 Å². The molecular formula is C30H39F3NO5S2+. The molecular weight excluding hydrogens is 575 g/mol. The van der Waals surface area contributed by atoms with Crippen LogP contribution in [0.2, 0.25) is 0 Å².